The Kier molecular flexibility index (Phi) is 4.37. The molecule has 1 atom stereocenters. The Morgan fingerprint density at radius 2 is 2.55 bits per heavy atom. The first-order valence-electron chi connectivity index (χ1n) is 2.99. The lowest BCUT2D eigenvalue weighted by Crippen LogP contribution is -1.98. The lowest BCUT2D eigenvalue weighted by molar-refractivity contribution is -0.130. The van der Waals surface area contributed by atoms with Crippen molar-refractivity contribution in [3.63, 3.8) is 0 Å². The summed E-state index contributed by atoms with van der Waals surface area (Å²) in [5.74, 6) is 2.97. The fourth-order valence-electron chi connectivity index (χ4n) is 0.420. The number of hydrogen-bond donors (Lipinski definition) is 1. The van der Waals surface area contributed by atoms with E-state index in [1.165, 1.54) is 0 Å². The second-order valence-electron chi connectivity index (χ2n) is 1.70. The van der Waals surface area contributed by atoms with Gasteiger partial charge in [-0.2, -0.15) is 0 Å². The van der Waals surface area contributed by atoms with Crippen LogP contribution in [0.4, 0.5) is 0 Å². The van der Waals surface area contributed by atoms with E-state index in [-0.39, 0.29) is 0 Å². The first-order chi connectivity index (χ1) is 5.20. The minimum Gasteiger partial charge on any atom is -0.472 e. The second-order valence-corrected chi connectivity index (χ2v) is 1.70. The maximum Gasteiger partial charge on any atom is 0.381 e. The van der Waals surface area contributed by atoms with E-state index < -0.39 is 12.0 Å². The molecule has 0 aliphatic heterocycles. The molecule has 0 aromatic carbocycles. The first kappa shape index (κ1) is 9.34. The molecule has 0 heterocycles. The van der Waals surface area contributed by atoms with Crippen LogP contribution < -0.4 is 0 Å². The zero-order valence-electron chi connectivity index (χ0n) is 5.98. The van der Waals surface area contributed by atoms with Gasteiger partial charge >= 0.3 is 5.97 Å². The van der Waals surface area contributed by atoms with E-state index in [0.29, 0.717) is 6.42 Å². The molecular formula is C6H7N3O2. The van der Waals surface area contributed by atoms with Gasteiger partial charge in [-0.1, -0.05) is 18.0 Å². The standard InChI is InChI=1S/C6H7N3O2/c1-2-5(8-9-7)3-4-6(10)11/h5H,2H2,1H3,(H,10,11). The van der Waals surface area contributed by atoms with E-state index in [0.717, 1.165) is 0 Å². The van der Waals surface area contributed by atoms with Crippen LogP contribution in [-0.2, 0) is 4.79 Å². The fraction of sp³-hybridized carbons (Fsp3) is 0.500. The molecule has 0 saturated heterocycles. The first-order valence-corrected chi connectivity index (χ1v) is 2.99. The smallest absolute Gasteiger partial charge is 0.381 e. The van der Waals surface area contributed by atoms with Gasteiger partial charge in [0.15, 0.2) is 0 Å². The molecule has 0 aliphatic rings. The predicted molar refractivity (Wildman–Crippen MR) is 38.6 cm³/mol. The highest BCUT2D eigenvalue weighted by Gasteiger charge is 1.96. The summed E-state index contributed by atoms with van der Waals surface area (Å²) in [4.78, 5) is 12.4. The van der Waals surface area contributed by atoms with E-state index in [1.54, 1.807) is 6.92 Å². The largest absolute Gasteiger partial charge is 0.472 e. The average Bonchev–Trinajstić information content (AvgIpc) is 1.97. The Labute approximate surface area is 63.7 Å². The third-order valence-electron chi connectivity index (χ3n) is 0.923. The topological polar surface area (TPSA) is 86.1 Å². The number of carboxylic acid groups (broad SMARTS) is 1. The highest BCUT2D eigenvalue weighted by Crippen LogP contribution is 1.94. The van der Waals surface area contributed by atoms with Crippen LogP contribution in [0.25, 0.3) is 10.4 Å². The summed E-state index contributed by atoms with van der Waals surface area (Å²) in [5, 5.41) is 11.4. The minimum atomic E-state index is -1.21. The summed E-state index contributed by atoms with van der Waals surface area (Å²) in [6, 6.07) is -0.531. The minimum absolute atomic E-state index is 0.518. The quantitative estimate of drug-likeness (QED) is 0.279. The lowest BCUT2D eigenvalue weighted by atomic mass is 10.2. The van der Waals surface area contributed by atoms with E-state index in [4.69, 9.17) is 10.6 Å². The average molecular weight is 153 g/mol. The maximum atomic E-state index is 9.92. The number of hydrogen-bond acceptors (Lipinski definition) is 2. The molecule has 0 rings (SSSR count). The van der Waals surface area contributed by atoms with Crippen LogP contribution in [0.15, 0.2) is 5.11 Å². The second kappa shape index (κ2) is 5.15. The van der Waals surface area contributed by atoms with Crippen LogP contribution in [0, 0.1) is 11.8 Å². The van der Waals surface area contributed by atoms with Crippen molar-refractivity contribution in [1.82, 2.24) is 0 Å². The van der Waals surface area contributed by atoms with Gasteiger partial charge in [-0.15, -0.1) is 0 Å². The molecule has 11 heavy (non-hydrogen) atoms. The van der Waals surface area contributed by atoms with E-state index >= 15 is 0 Å². The van der Waals surface area contributed by atoms with Gasteiger partial charge < -0.3 is 5.11 Å². The Bertz CT molecular complexity index is 244. The molecule has 1 N–H and O–H groups in total. The lowest BCUT2D eigenvalue weighted by Gasteiger charge is -1.92. The van der Waals surface area contributed by atoms with Gasteiger partial charge in [0.05, 0.1) is 6.04 Å². The normalized spacial score (nSPS) is 10.3. The zero-order valence-corrected chi connectivity index (χ0v) is 5.98. The maximum absolute atomic E-state index is 9.92. The molecule has 0 bridgehead atoms. The highest BCUT2D eigenvalue weighted by molar-refractivity contribution is 5.86. The van der Waals surface area contributed by atoms with Crippen molar-refractivity contribution in [3.8, 4) is 11.8 Å². The number of nitrogens with zero attached hydrogens (tertiary/aromatic N) is 3. The molecule has 0 aromatic rings. The molecule has 5 heteroatoms. The van der Waals surface area contributed by atoms with E-state index in [2.05, 4.69) is 15.9 Å². The summed E-state index contributed by atoms with van der Waals surface area (Å²) in [7, 11) is 0. The Balaban J connectivity index is 4.21. The third kappa shape index (κ3) is 4.82. The summed E-state index contributed by atoms with van der Waals surface area (Å²) < 4.78 is 0. The fourth-order valence-corrected chi connectivity index (χ4v) is 0.420. The van der Waals surface area contributed by atoms with Crippen molar-refractivity contribution in [2.24, 2.45) is 5.11 Å². The molecule has 0 amide bonds. The van der Waals surface area contributed by atoms with Crippen LogP contribution in [0.3, 0.4) is 0 Å². The molecule has 5 nitrogen and oxygen atoms in total. The van der Waals surface area contributed by atoms with Crippen molar-refractivity contribution in [2.75, 3.05) is 0 Å². The monoisotopic (exact) mass is 153 g/mol. The molecule has 0 aromatic heterocycles. The number of aliphatic carboxylic acids is 1. The summed E-state index contributed by atoms with van der Waals surface area (Å²) in [6.07, 6.45) is 0.518. The Hall–Kier alpha value is -1.66. The molecule has 1 unspecified atom stereocenters. The zero-order chi connectivity index (χ0) is 8.69. The van der Waals surface area contributed by atoms with E-state index in [1.807, 2.05) is 5.92 Å². The van der Waals surface area contributed by atoms with Gasteiger partial charge in [-0.25, -0.2) is 4.79 Å². The molecule has 0 aliphatic carbocycles. The highest BCUT2D eigenvalue weighted by atomic mass is 16.4. The Morgan fingerprint density at radius 3 is 2.91 bits per heavy atom. The van der Waals surface area contributed by atoms with Gasteiger partial charge in [0, 0.05) is 10.8 Å². The van der Waals surface area contributed by atoms with Crippen LogP contribution in [0.2, 0.25) is 0 Å². The number of azide groups is 1. The van der Waals surface area contributed by atoms with Crippen molar-refractivity contribution < 1.29 is 9.90 Å². The number of carbonyl (C=O) groups is 1. The van der Waals surface area contributed by atoms with Gasteiger partial charge in [0.25, 0.3) is 0 Å². The van der Waals surface area contributed by atoms with Crippen LogP contribution >= 0.6 is 0 Å². The van der Waals surface area contributed by atoms with Gasteiger partial charge in [-0.05, 0) is 12.0 Å². The molecule has 0 radical (unpaired) electrons. The molecule has 0 saturated carbocycles. The third-order valence-corrected chi connectivity index (χ3v) is 0.923. The van der Waals surface area contributed by atoms with Crippen molar-refractivity contribution in [1.29, 1.82) is 0 Å². The predicted octanol–water partition coefficient (Wildman–Crippen LogP) is 1.16. The summed E-state index contributed by atoms with van der Waals surface area (Å²) >= 11 is 0. The molecular weight excluding hydrogens is 146 g/mol. The Morgan fingerprint density at radius 1 is 1.91 bits per heavy atom. The number of carboxylic acids is 1. The van der Waals surface area contributed by atoms with Crippen LogP contribution in [-0.4, -0.2) is 17.1 Å². The van der Waals surface area contributed by atoms with Gasteiger partial charge in [-0.3, -0.25) is 0 Å². The molecule has 58 valence electrons. The van der Waals surface area contributed by atoms with Gasteiger partial charge in [0.2, 0.25) is 0 Å². The van der Waals surface area contributed by atoms with Crippen molar-refractivity contribution in [3.05, 3.63) is 10.4 Å². The van der Waals surface area contributed by atoms with Gasteiger partial charge in [0.1, 0.15) is 0 Å². The summed E-state index contributed by atoms with van der Waals surface area (Å²) in [6.45, 7) is 1.76. The van der Waals surface area contributed by atoms with Crippen molar-refractivity contribution >= 4 is 5.97 Å². The summed E-state index contributed by atoms with van der Waals surface area (Å²) in [5.41, 5.74) is 7.98. The van der Waals surface area contributed by atoms with Crippen LogP contribution in [0.1, 0.15) is 13.3 Å². The van der Waals surface area contributed by atoms with E-state index in [9.17, 15) is 4.79 Å². The number of rotatable bonds is 2. The SMILES string of the molecule is CCC(C#CC(=O)O)N=[N+]=[N-]. The van der Waals surface area contributed by atoms with Crippen molar-refractivity contribution in [2.45, 2.75) is 19.4 Å². The van der Waals surface area contributed by atoms with Crippen LogP contribution in [0.5, 0.6) is 0 Å². The molecule has 0 fully saturated rings. The molecule has 0 spiro atoms.